The maximum atomic E-state index is 11.2. The SMILES string of the molecule is Cc1nn(Cc2ccc(C(=O)NN)cn2)cc1Cl. The van der Waals surface area contributed by atoms with Crippen LogP contribution in [-0.2, 0) is 6.54 Å². The molecular formula is C11H12ClN5O. The number of carbonyl (C=O) groups excluding carboxylic acids is 1. The Morgan fingerprint density at radius 3 is 2.83 bits per heavy atom. The van der Waals surface area contributed by atoms with Crippen LogP contribution in [0.5, 0.6) is 0 Å². The van der Waals surface area contributed by atoms with Gasteiger partial charge in [0.25, 0.3) is 5.91 Å². The molecule has 2 aromatic heterocycles. The predicted molar refractivity (Wildman–Crippen MR) is 67.0 cm³/mol. The summed E-state index contributed by atoms with van der Waals surface area (Å²) in [6, 6.07) is 3.40. The Morgan fingerprint density at radius 2 is 2.33 bits per heavy atom. The number of halogens is 1. The maximum absolute atomic E-state index is 11.2. The Kier molecular flexibility index (Phi) is 3.59. The number of aromatic nitrogens is 3. The van der Waals surface area contributed by atoms with Gasteiger partial charge in [-0.15, -0.1) is 0 Å². The molecule has 0 aliphatic carbocycles. The van der Waals surface area contributed by atoms with Gasteiger partial charge in [0.15, 0.2) is 0 Å². The van der Waals surface area contributed by atoms with Crippen LogP contribution in [0.25, 0.3) is 0 Å². The van der Waals surface area contributed by atoms with Crippen LogP contribution in [-0.4, -0.2) is 20.7 Å². The molecule has 0 saturated heterocycles. The first kappa shape index (κ1) is 12.5. The molecule has 7 heteroatoms. The number of hydrogen-bond donors (Lipinski definition) is 2. The number of hydrogen-bond acceptors (Lipinski definition) is 4. The third-order valence-corrected chi connectivity index (χ3v) is 2.80. The van der Waals surface area contributed by atoms with E-state index in [0.29, 0.717) is 17.1 Å². The first-order chi connectivity index (χ1) is 8.60. The fourth-order valence-electron chi connectivity index (χ4n) is 1.48. The molecule has 2 rings (SSSR count). The smallest absolute Gasteiger partial charge is 0.266 e. The van der Waals surface area contributed by atoms with E-state index in [2.05, 4.69) is 10.1 Å². The summed E-state index contributed by atoms with van der Waals surface area (Å²) in [5.41, 5.74) is 4.01. The van der Waals surface area contributed by atoms with Gasteiger partial charge in [-0.1, -0.05) is 11.6 Å². The van der Waals surface area contributed by atoms with Gasteiger partial charge in [0.2, 0.25) is 0 Å². The number of rotatable bonds is 3. The van der Waals surface area contributed by atoms with Crippen LogP contribution in [0, 0.1) is 6.92 Å². The minimum atomic E-state index is -0.368. The fraction of sp³-hybridized carbons (Fsp3) is 0.182. The molecule has 0 radical (unpaired) electrons. The summed E-state index contributed by atoms with van der Waals surface area (Å²) in [4.78, 5) is 15.4. The summed E-state index contributed by atoms with van der Waals surface area (Å²) in [7, 11) is 0. The van der Waals surface area contributed by atoms with Crippen molar-refractivity contribution in [3.05, 3.63) is 46.5 Å². The van der Waals surface area contributed by atoms with Crippen LogP contribution < -0.4 is 11.3 Å². The quantitative estimate of drug-likeness (QED) is 0.490. The van der Waals surface area contributed by atoms with Crippen LogP contribution >= 0.6 is 11.6 Å². The highest BCUT2D eigenvalue weighted by atomic mass is 35.5. The van der Waals surface area contributed by atoms with Crippen molar-refractivity contribution >= 4 is 17.5 Å². The van der Waals surface area contributed by atoms with Crippen molar-refractivity contribution in [3.8, 4) is 0 Å². The number of amides is 1. The first-order valence-corrected chi connectivity index (χ1v) is 5.63. The zero-order valence-corrected chi connectivity index (χ0v) is 10.5. The van der Waals surface area contributed by atoms with Gasteiger partial charge < -0.3 is 0 Å². The molecule has 0 unspecified atom stereocenters. The zero-order chi connectivity index (χ0) is 13.1. The minimum Gasteiger partial charge on any atom is -0.290 e. The Bertz CT molecular complexity index is 544. The lowest BCUT2D eigenvalue weighted by atomic mass is 10.2. The Morgan fingerprint density at radius 1 is 1.56 bits per heavy atom. The standard InChI is InChI=1S/C11H12ClN5O/c1-7-10(12)6-17(16-7)5-9-3-2-8(4-14-9)11(18)15-13/h2-4,6H,5,13H2,1H3,(H,15,18). The van der Waals surface area contributed by atoms with E-state index in [0.717, 1.165) is 11.4 Å². The minimum absolute atomic E-state index is 0.368. The number of pyridine rings is 1. The number of nitrogen functional groups attached to an aromatic ring is 1. The lowest BCUT2D eigenvalue weighted by Gasteiger charge is -2.02. The highest BCUT2D eigenvalue weighted by Crippen LogP contribution is 2.13. The summed E-state index contributed by atoms with van der Waals surface area (Å²) >= 11 is 5.91. The van der Waals surface area contributed by atoms with Gasteiger partial charge in [0.05, 0.1) is 28.5 Å². The van der Waals surface area contributed by atoms with Gasteiger partial charge in [0, 0.05) is 12.4 Å². The molecule has 0 aromatic carbocycles. The van der Waals surface area contributed by atoms with Gasteiger partial charge in [-0.05, 0) is 19.1 Å². The fourth-order valence-corrected chi connectivity index (χ4v) is 1.63. The second-order valence-corrected chi connectivity index (χ2v) is 4.18. The summed E-state index contributed by atoms with van der Waals surface area (Å²) in [6.07, 6.45) is 3.20. The molecule has 0 bridgehead atoms. The Hall–Kier alpha value is -1.92. The largest absolute Gasteiger partial charge is 0.290 e. The van der Waals surface area contributed by atoms with Crippen LogP contribution in [0.3, 0.4) is 0 Å². The molecule has 0 spiro atoms. The molecular weight excluding hydrogens is 254 g/mol. The summed E-state index contributed by atoms with van der Waals surface area (Å²) < 4.78 is 1.70. The molecule has 0 atom stereocenters. The second-order valence-electron chi connectivity index (χ2n) is 3.77. The predicted octanol–water partition coefficient (Wildman–Crippen LogP) is 0.892. The third kappa shape index (κ3) is 2.66. The zero-order valence-electron chi connectivity index (χ0n) is 9.72. The Labute approximate surface area is 109 Å². The van der Waals surface area contributed by atoms with Crippen molar-refractivity contribution in [2.75, 3.05) is 0 Å². The molecule has 2 aromatic rings. The molecule has 0 aliphatic rings. The highest BCUT2D eigenvalue weighted by molar-refractivity contribution is 6.31. The molecule has 18 heavy (non-hydrogen) atoms. The first-order valence-electron chi connectivity index (χ1n) is 5.25. The van der Waals surface area contributed by atoms with Crippen molar-refractivity contribution in [3.63, 3.8) is 0 Å². The molecule has 0 fully saturated rings. The molecule has 0 saturated carbocycles. The average molecular weight is 266 g/mol. The van der Waals surface area contributed by atoms with Crippen LogP contribution in [0.1, 0.15) is 21.7 Å². The van der Waals surface area contributed by atoms with E-state index in [4.69, 9.17) is 17.4 Å². The number of nitrogens with two attached hydrogens (primary N) is 1. The molecule has 6 nitrogen and oxygen atoms in total. The summed E-state index contributed by atoms with van der Waals surface area (Å²) in [6.45, 7) is 2.33. The summed E-state index contributed by atoms with van der Waals surface area (Å²) in [5.74, 6) is 4.66. The van der Waals surface area contributed by atoms with E-state index in [1.807, 2.05) is 12.3 Å². The molecule has 0 aliphatic heterocycles. The van der Waals surface area contributed by atoms with E-state index in [9.17, 15) is 4.79 Å². The number of hydrazine groups is 1. The van der Waals surface area contributed by atoms with Crippen LogP contribution in [0.15, 0.2) is 24.5 Å². The van der Waals surface area contributed by atoms with Gasteiger partial charge >= 0.3 is 0 Å². The van der Waals surface area contributed by atoms with Crippen molar-refractivity contribution in [1.82, 2.24) is 20.2 Å². The molecule has 2 heterocycles. The van der Waals surface area contributed by atoms with Crippen molar-refractivity contribution in [1.29, 1.82) is 0 Å². The van der Waals surface area contributed by atoms with Gasteiger partial charge in [-0.2, -0.15) is 5.10 Å². The number of aryl methyl sites for hydroxylation is 1. The topological polar surface area (TPSA) is 85.8 Å². The molecule has 94 valence electrons. The lowest BCUT2D eigenvalue weighted by molar-refractivity contribution is 0.0953. The second kappa shape index (κ2) is 5.16. The number of nitrogens with one attached hydrogen (secondary N) is 1. The van der Waals surface area contributed by atoms with Crippen molar-refractivity contribution in [2.24, 2.45) is 5.84 Å². The number of nitrogens with zero attached hydrogens (tertiary/aromatic N) is 3. The van der Waals surface area contributed by atoms with Crippen molar-refractivity contribution in [2.45, 2.75) is 13.5 Å². The lowest BCUT2D eigenvalue weighted by Crippen LogP contribution is -2.30. The molecule has 1 amide bonds. The third-order valence-electron chi connectivity index (χ3n) is 2.43. The maximum Gasteiger partial charge on any atom is 0.266 e. The van der Waals surface area contributed by atoms with Crippen LogP contribution in [0.2, 0.25) is 5.02 Å². The van der Waals surface area contributed by atoms with E-state index >= 15 is 0 Å². The van der Waals surface area contributed by atoms with Gasteiger partial charge in [0.1, 0.15) is 0 Å². The highest BCUT2D eigenvalue weighted by Gasteiger charge is 2.06. The van der Waals surface area contributed by atoms with E-state index < -0.39 is 0 Å². The van der Waals surface area contributed by atoms with Crippen LogP contribution in [0.4, 0.5) is 0 Å². The number of carbonyl (C=O) groups is 1. The van der Waals surface area contributed by atoms with E-state index in [1.54, 1.807) is 23.0 Å². The van der Waals surface area contributed by atoms with E-state index in [1.165, 1.54) is 6.20 Å². The normalized spacial score (nSPS) is 10.4. The van der Waals surface area contributed by atoms with E-state index in [-0.39, 0.29) is 5.91 Å². The summed E-state index contributed by atoms with van der Waals surface area (Å²) in [5, 5.41) is 4.84. The van der Waals surface area contributed by atoms with Crippen molar-refractivity contribution < 1.29 is 4.79 Å². The van der Waals surface area contributed by atoms with Gasteiger partial charge in [-0.3, -0.25) is 19.9 Å². The molecule has 3 N–H and O–H groups in total. The van der Waals surface area contributed by atoms with Gasteiger partial charge in [-0.25, -0.2) is 5.84 Å². The Balaban J connectivity index is 2.13. The monoisotopic (exact) mass is 265 g/mol. The average Bonchev–Trinajstić information content (AvgIpc) is 2.68.